The summed E-state index contributed by atoms with van der Waals surface area (Å²) < 4.78 is 0. The Hall–Kier alpha value is -0.0800. The molecule has 0 bridgehead atoms. The minimum Gasteiger partial charge on any atom is -0.310 e. The van der Waals surface area contributed by atoms with Gasteiger partial charge in [-0.2, -0.15) is 0 Å². The predicted octanol–water partition coefficient (Wildman–Crippen LogP) is 1.61. The molecule has 1 aliphatic carbocycles. The van der Waals surface area contributed by atoms with Gasteiger partial charge in [0.25, 0.3) is 0 Å². The first kappa shape index (κ1) is 9.47. The maximum atomic E-state index is 3.62. The number of rotatable bonds is 1. The van der Waals surface area contributed by atoms with Crippen molar-refractivity contribution < 1.29 is 0 Å². The highest BCUT2D eigenvalue weighted by molar-refractivity contribution is 4.95. The Kier molecular flexibility index (Phi) is 2.37. The van der Waals surface area contributed by atoms with Gasteiger partial charge >= 0.3 is 0 Å². The van der Waals surface area contributed by atoms with Crippen molar-refractivity contribution in [2.24, 2.45) is 0 Å². The molecule has 0 spiro atoms. The van der Waals surface area contributed by atoms with Crippen LogP contribution in [0.3, 0.4) is 0 Å². The Morgan fingerprint density at radius 3 is 2.54 bits per heavy atom. The van der Waals surface area contributed by atoms with E-state index in [0.29, 0.717) is 5.54 Å². The van der Waals surface area contributed by atoms with E-state index in [0.717, 1.165) is 12.1 Å². The highest BCUT2D eigenvalue weighted by Crippen LogP contribution is 2.31. The van der Waals surface area contributed by atoms with Crippen molar-refractivity contribution in [3.63, 3.8) is 0 Å². The lowest BCUT2D eigenvalue weighted by molar-refractivity contribution is 0.172. The smallest absolute Gasteiger partial charge is 0.0252 e. The summed E-state index contributed by atoms with van der Waals surface area (Å²) in [7, 11) is 0. The molecule has 13 heavy (non-hydrogen) atoms. The fourth-order valence-corrected chi connectivity index (χ4v) is 2.35. The highest BCUT2D eigenvalue weighted by Gasteiger charge is 2.36. The van der Waals surface area contributed by atoms with E-state index < -0.39 is 0 Å². The second-order valence-electron chi connectivity index (χ2n) is 5.35. The Balaban J connectivity index is 2.03. The molecule has 2 nitrogen and oxygen atoms in total. The largest absolute Gasteiger partial charge is 0.310 e. The maximum Gasteiger partial charge on any atom is 0.0252 e. The van der Waals surface area contributed by atoms with E-state index >= 15 is 0 Å². The monoisotopic (exact) mass is 182 g/mol. The third-order valence-electron chi connectivity index (χ3n) is 3.33. The minimum absolute atomic E-state index is 0.313. The molecule has 2 rings (SSSR count). The summed E-state index contributed by atoms with van der Waals surface area (Å²) in [6, 6.07) is 1.69. The van der Waals surface area contributed by atoms with Gasteiger partial charge in [-0.05, 0) is 46.6 Å². The van der Waals surface area contributed by atoms with Crippen LogP contribution in [-0.4, -0.2) is 35.6 Å². The van der Waals surface area contributed by atoms with Crippen molar-refractivity contribution >= 4 is 0 Å². The van der Waals surface area contributed by atoms with E-state index in [1.165, 1.54) is 32.4 Å². The van der Waals surface area contributed by atoms with Gasteiger partial charge in [0.1, 0.15) is 0 Å². The first-order valence-corrected chi connectivity index (χ1v) is 5.59. The van der Waals surface area contributed by atoms with Gasteiger partial charge in [-0.1, -0.05) is 0 Å². The lowest BCUT2D eigenvalue weighted by Gasteiger charge is -2.32. The van der Waals surface area contributed by atoms with Crippen LogP contribution >= 0.6 is 0 Å². The van der Waals surface area contributed by atoms with Gasteiger partial charge in [0, 0.05) is 24.2 Å². The predicted molar refractivity (Wildman–Crippen MR) is 55.9 cm³/mol. The molecule has 0 aromatic heterocycles. The first-order chi connectivity index (χ1) is 6.08. The van der Waals surface area contributed by atoms with Gasteiger partial charge in [0.05, 0.1) is 0 Å². The lowest BCUT2D eigenvalue weighted by Crippen LogP contribution is -2.48. The molecule has 0 aromatic carbocycles. The standard InChI is InChI=1S/C11H22N2/c1-9-6-7-12-11(2,3)8-13(9)10-4-5-10/h9-10,12H,4-8H2,1-3H3. The van der Waals surface area contributed by atoms with Crippen LogP contribution in [0.15, 0.2) is 0 Å². The van der Waals surface area contributed by atoms with Crippen LogP contribution < -0.4 is 5.32 Å². The van der Waals surface area contributed by atoms with Crippen LogP contribution in [0.1, 0.15) is 40.0 Å². The zero-order chi connectivity index (χ0) is 9.47. The van der Waals surface area contributed by atoms with Crippen molar-refractivity contribution in [2.45, 2.75) is 57.7 Å². The van der Waals surface area contributed by atoms with Crippen molar-refractivity contribution in [1.82, 2.24) is 10.2 Å². The summed E-state index contributed by atoms with van der Waals surface area (Å²) in [5.74, 6) is 0. The van der Waals surface area contributed by atoms with E-state index in [-0.39, 0.29) is 0 Å². The van der Waals surface area contributed by atoms with E-state index in [1.807, 2.05) is 0 Å². The summed E-state index contributed by atoms with van der Waals surface area (Å²) in [6.07, 6.45) is 4.17. The van der Waals surface area contributed by atoms with Gasteiger partial charge in [0.15, 0.2) is 0 Å². The van der Waals surface area contributed by atoms with Gasteiger partial charge in [-0.15, -0.1) is 0 Å². The van der Waals surface area contributed by atoms with Gasteiger partial charge in [0.2, 0.25) is 0 Å². The average molecular weight is 182 g/mol. The molecule has 1 aliphatic heterocycles. The summed E-state index contributed by atoms with van der Waals surface area (Å²) >= 11 is 0. The number of nitrogens with zero attached hydrogens (tertiary/aromatic N) is 1. The van der Waals surface area contributed by atoms with Gasteiger partial charge in [-0.25, -0.2) is 0 Å². The molecule has 2 heteroatoms. The first-order valence-electron chi connectivity index (χ1n) is 5.59. The summed E-state index contributed by atoms with van der Waals surface area (Å²) in [5, 5.41) is 3.62. The molecule has 1 N–H and O–H groups in total. The minimum atomic E-state index is 0.313. The summed E-state index contributed by atoms with van der Waals surface area (Å²) in [4.78, 5) is 2.71. The number of hydrogen-bond donors (Lipinski definition) is 1. The van der Waals surface area contributed by atoms with Crippen molar-refractivity contribution in [1.29, 1.82) is 0 Å². The molecule has 0 aromatic rings. The molecule has 0 radical (unpaired) electrons. The SMILES string of the molecule is CC1CCNC(C)(C)CN1C1CC1. The fraction of sp³-hybridized carbons (Fsp3) is 1.00. The van der Waals surface area contributed by atoms with E-state index in [1.54, 1.807) is 0 Å². The Bertz CT molecular complexity index is 185. The summed E-state index contributed by atoms with van der Waals surface area (Å²) in [6.45, 7) is 9.42. The quantitative estimate of drug-likeness (QED) is 0.663. The van der Waals surface area contributed by atoms with Crippen LogP contribution in [0.2, 0.25) is 0 Å². The van der Waals surface area contributed by atoms with Crippen LogP contribution in [-0.2, 0) is 0 Å². The molecule has 2 fully saturated rings. The third-order valence-corrected chi connectivity index (χ3v) is 3.33. The fourth-order valence-electron chi connectivity index (χ4n) is 2.35. The molecule has 1 atom stereocenters. The van der Waals surface area contributed by atoms with Crippen molar-refractivity contribution in [3.8, 4) is 0 Å². The van der Waals surface area contributed by atoms with Crippen molar-refractivity contribution in [2.75, 3.05) is 13.1 Å². The van der Waals surface area contributed by atoms with Crippen LogP contribution in [0, 0.1) is 0 Å². The van der Waals surface area contributed by atoms with Crippen LogP contribution in [0.25, 0.3) is 0 Å². The summed E-state index contributed by atoms with van der Waals surface area (Å²) in [5.41, 5.74) is 0.313. The zero-order valence-electron chi connectivity index (χ0n) is 9.14. The highest BCUT2D eigenvalue weighted by atomic mass is 15.2. The zero-order valence-corrected chi connectivity index (χ0v) is 9.14. The third kappa shape index (κ3) is 2.23. The van der Waals surface area contributed by atoms with Crippen LogP contribution in [0.5, 0.6) is 0 Å². The van der Waals surface area contributed by atoms with E-state index in [4.69, 9.17) is 0 Å². The Labute approximate surface area is 81.7 Å². The van der Waals surface area contributed by atoms with E-state index in [2.05, 4.69) is 31.0 Å². The van der Waals surface area contributed by atoms with Gasteiger partial charge in [-0.3, -0.25) is 4.90 Å². The molecular formula is C11H22N2. The van der Waals surface area contributed by atoms with E-state index in [9.17, 15) is 0 Å². The molecule has 2 aliphatic rings. The van der Waals surface area contributed by atoms with Gasteiger partial charge < -0.3 is 5.32 Å². The molecule has 76 valence electrons. The lowest BCUT2D eigenvalue weighted by atomic mass is 10.1. The molecule has 0 amide bonds. The maximum absolute atomic E-state index is 3.62. The topological polar surface area (TPSA) is 15.3 Å². The number of hydrogen-bond acceptors (Lipinski definition) is 2. The Morgan fingerprint density at radius 2 is 1.92 bits per heavy atom. The Morgan fingerprint density at radius 1 is 1.23 bits per heavy atom. The second kappa shape index (κ2) is 3.25. The number of nitrogens with one attached hydrogen (secondary N) is 1. The average Bonchev–Trinajstić information content (AvgIpc) is 2.80. The second-order valence-corrected chi connectivity index (χ2v) is 5.35. The van der Waals surface area contributed by atoms with Crippen molar-refractivity contribution in [3.05, 3.63) is 0 Å². The normalized spacial score (nSPS) is 35.8. The molecular weight excluding hydrogens is 160 g/mol. The molecule has 1 saturated carbocycles. The molecule has 1 heterocycles. The molecule has 1 unspecified atom stereocenters. The van der Waals surface area contributed by atoms with Crippen LogP contribution in [0.4, 0.5) is 0 Å². The molecule has 1 saturated heterocycles.